The summed E-state index contributed by atoms with van der Waals surface area (Å²) in [6.07, 6.45) is 9.31. The summed E-state index contributed by atoms with van der Waals surface area (Å²) in [5.41, 5.74) is 0. The summed E-state index contributed by atoms with van der Waals surface area (Å²) in [4.78, 5) is 2.00. The first-order chi connectivity index (χ1) is 6.63. The van der Waals surface area contributed by atoms with E-state index in [1.165, 1.54) is 19.3 Å². The Labute approximate surface area is 88.9 Å². The third kappa shape index (κ3) is 2.50. The van der Waals surface area contributed by atoms with E-state index in [-0.39, 0.29) is 0 Å². The monoisotopic (exact) mass is 194 g/mol. The summed E-state index contributed by atoms with van der Waals surface area (Å²) >= 11 is 0. The first-order valence-corrected chi connectivity index (χ1v) is 6.08. The Morgan fingerprint density at radius 1 is 0.786 bits per heavy atom. The van der Waals surface area contributed by atoms with Crippen LogP contribution < -0.4 is 0 Å². The second-order valence-corrected chi connectivity index (χ2v) is 6.01. The lowest BCUT2D eigenvalue weighted by Gasteiger charge is -2.49. The van der Waals surface area contributed by atoms with Gasteiger partial charge in [0.1, 0.15) is 0 Å². The van der Waals surface area contributed by atoms with Gasteiger partial charge in [-0.3, -0.25) is 0 Å². The van der Waals surface area contributed by atoms with Crippen molar-refractivity contribution in [3.05, 3.63) is 5.92 Å². The molecule has 0 aliphatic heterocycles. The molecular weight excluding hydrogens is 170 g/mol. The lowest BCUT2D eigenvalue weighted by atomic mass is 9.56. The van der Waals surface area contributed by atoms with Crippen molar-refractivity contribution in [2.24, 2.45) is 17.8 Å². The fraction of sp³-hybridized carbons (Fsp3) is 0.923. The van der Waals surface area contributed by atoms with Crippen molar-refractivity contribution < 1.29 is 0 Å². The molecule has 4 fully saturated rings. The van der Waals surface area contributed by atoms with Crippen LogP contribution in [0.5, 0.6) is 0 Å². The topological polar surface area (TPSA) is 3.24 Å². The maximum Gasteiger partial charge on any atom is -0.0140 e. The Bertz CT molecular complexity index is 126. The summed E-state index contributed by atoms with van der Waals surface area (Å²) in [6, 6.07) is 0. The zero-order valence-electron chi connectivity index (χ0n) is 9.92. The molecular formula is C13H24N. The van der Waals surface area contributed by atoms with Gasteiger partial charge in [0, 0.05) is 0 Å². The molecule has 4 bridgehead atoms. The van der Waals surface area contributed by atoms with Crippen LogP contribution in [0.15, 0.2) is 0 Å². The lowest BCUT2D eigenvalue weighted by Crippen LogP contribution is -2.37. The molecule has 1 nitrogen and oxygen atoms in total. The van der Waals surface area contributed by atoms with Gasteiger partial charge in [-0.05, 0) is 83.3 Å². The quantitative estimate of drug-likeness (QED) is 0.573. The van der Waals surface area contributed by atoms with Crippen LogP contribution in [-0.2, 0) is 0 Å². The average molecular weight is 194 g/mol. The molecule has 4 rings (SSSR count). The van der Waals surface area contributed by atoms with Gasteiger partial charge < -0.3 is 4.90 Å². The van der Waals surface area contributed by atoms with Crippen molar-refractivity contribution in [2.45, 2.75) is 38.5 Å². The predicted molar refractivity (Wildman–Crippen MR) is 61.0 cm³/mol. The van der Waals surface area contributed by atoms with Gasteiger partial charge in [0.15, 0.2) is 0 Å². The molecule has 0 aromatic heterocycles. The van der Waals surface area contributed by atoms with Gasteiger partial charge in [-0.25, -0.2) is 0 Å². The maximum absolute atomic E-state index is 2.00. The third-order valence-electron chi connectivity index (χ3n) is 3.73. The zero-order chi connectivity index (χ0) is 10.1. The van der Waals surface area contributed by atoms with Gasteiger partial charge >= 0.3 is 0 Å². The predicted octanol–water partition coefficient (Wildman–Crippen LogP) is 2.97. The zero-order valence-corrected chi connectivity index (χ0v) is 9.92. The summed E-state index contributed by atoms with van der Waals surface area (Å²) < 4.78 is 0. The molecule has 0 saturated heterocycles. The molecule has 4 saturated carbocycles. The maximum atomic E-state index is 2.00. The molecule has 0 aromatic rings. The van der Waals surface area contributed by atoms with E-state index in [0.29, 0.717) is 0 Å². The van der Waals surface area contributed by atoms with Gasteiger partial charge in [-0.15, -0.1) is 0 Å². The molecule has 4 aliphatic rings. The van der Waals surface area contributed by atoms with E-state index in [2.05, 4.69) is 0 Å². The van der Waals surface area contributed by atoms with E-state index in [1.807, 2.05) is 32.0 Å². The van der Waals surface area contributed by atoms with Crippen LogP contribution in [0.1, 0.15) is 38.5 Å². The number of hydrogen-bond donors (Lipinski definition) is 0. The number of hydrogen-bond acceptors (Lipinski definition) is 1. The van der Waals surface area contributed by atoms with Crippen LogP contribution in [0.2, 0.25) is 0 Å². The second kappa shape index (κ2) is 4.22. The Morgan fingerprint density at radius 2 is 1.07 bits per heavy atom. The fourth-order valence-electron chi connectivity index (χ4n) is 3.68. The molecule has 4 aliphatic carbocycles. The van der Waals surface area contributed by atoms with E-state index in [0.717, 1.165) is 17.8 Å². The first kappa shape index (κ1) is 10.5. The Hall–Kier alpha value is -0.0400. The Kier molecular flexibility index (Phi) is 3.16. The molecule has 1 radical (unpaired) electrons. The highest BCUT2D eigenvalue weighted by Gasteiger charge is 2.42. The minimum atomic E-state index is 1.14. The average Bonchev–Trinajstić information content (AvgIpc) is 1.98. The molecule has 14 heavy (non-hydrogen) atoms. The van der Waals surface area contributed by atoms with E-state index in [9.17, 15) is 0 Å². The van der Waals surface area contributed by atoms with Crippen LogP contribution in [-0.4, -0.2) is 26.0 Å². The van der Waals surface area contributed by atoms with Crippen LogP contribution in [0.3, 0.4) is 0 Å². The number of nitrogens with zero attached hydrogens (tertiary/aromatic N) is 1. The number of rotatable bonds is 0. The molecule has 0 aromatic carbocycles. The van der Waals surface area contributed by atoms with Gasteiger partial charge in [0.25, 0.3) is 0 Å². The molecule has 81 valence electrons. The summed E-state index contributed by atoms with van der Waals surface area (Å²) in [6.45, 7) is 0. The standard InChI is InChI=1S/C10H15.C3H9N/c1-7-2-9-4-8(1)5-10(3-7)6-9;1-4(2)3/h7-9H,1-6H2;1-3H3. The smallest absolute Gasteiger partial charge is 0.0140 e. The SMILES string of the molecule is C1[C]2CC3CC1CC(C2)C3.CN(C)C. The summed E-state index contributed by atoms with van der Waals surface area (Å²) in [5.74, 6) is 5.35. The lowest BCUT2D eigenvalue weighted by molar-refractivity contribution is 0.0920. The molecule has 1 heteroatoms. The minimum absolute atomic E-state index is 1.14. The van der Waals surface area contributed by atoms with Gasteiger partial charge in [0.2, 0.25) is 0 Å². The van der Waals surface area contributed by atoms with Gasteiger partial charge in [-0.2, -0.15) is 0 Å². The summed E-state index contributed by atoms with van der Waals surface area (Å²) in [5, 5.41) is 0. The van der Waals surface area contributed by atoms with Crippen molar-refractivity contribution in [3.63, 3.8) is 0 Å². The highest BCUT2D eigenvalue weighted by Crippen LogP contribution is 2.54. The van der Waals surface area contributed by atoms with Crippen LogP contribution >= 0.6 is 0 Å². The fourth-order valence-corrected chi connectivity index (χ4v) is 3.68. The Balaban J connectivity index is 0.000000165. The van der Waals surface area contributed by atoms with Crippen LogP contribution in [0, 0.1) is 23.7 Å². The highest BCUT2D eigenvalue weighted by atomic mass is 15.0. The first-order valence-electron chi connectivity index (χ1n) is 6.08. The summed E-state index contributed by atoms with van der Waals surface area (Å²) in [7, 11) is 6.00. The van der Waals surface area contributed by atoms with E-state index in [4.69, 9.17) is 0 Å². The van der Waals surface area contributed by atoms with Crippen LogP contribution in [0.4, 0.5) is 0 Å². The van der Waals surface area contributed by atoms with Crippen molar-refractivity contribution in [2.75, 3.05) is 21.1 Å². The highest BCUT2D eigenvalue weighted by molar-refractivity contribution is 5.08. The van der Waals surface area contributed by atoms with Crippen LogP contribution in [0.25, 0.3) is 0 Å². The third-order valence-corrected chi connectivity index (χ3v) is 3.73. The largest absolute Gasteiger partial charge is 0.312 e. The van der Waals surface area contributed by atoms with E-state index in [1.54, 1.807) is 19.3 Å². The van der Waals surface area contributed by atoms with Crippen molar-refractivity contribution in [3.8, 4) is 0 Å². The van der Waals surface area contributed by atoms with Crippen molar-refractivity contribution >= 4 is 0 Å². The van der Waals surface area contributed by atoms with Gasteiger partial charge in [-0.1, -0.05) is 0 Å². The molecule has 0 heterocycles. The molecule has 0 atom stereocenters. The molecule has 0 spiro atoms. The Morgan fingerprint density at radius 3 is 1.29 bits per heavy atom. The van der Waals surface area contributed by atoms with Gasteiger partial charge in [0.05, 0.1) is 0 Å². The van der Waals surface area contributed by atoms with E-state index >= 15 is 0 Å². The normalized spacial score (nSPS) is 39.9. The molecule has 0 amide bonds. The second-order valence-electron chi connectivity index (χ2n) is 6.01. The minimum Gasteiger partial charge on any atom is -0.312 e. The molecule has 0 N–H and O–H groups in total. The van der Waals surface area contributed by atoms with Crippen molar-refractivity contribution in [1.82, 2.24) is 4.90 Å². The molecule has 0 unspecified atom stereocenters. The van der Waals surface area contributed by atoms with Crippen molar-refractivity contribution in [1.29, 1.82) is 0 Å². The van der Waals surface area contributed by atoms with E-state index < -0.39 is 0 Å².